The number of aliphatic hydroxyl groups is 2. The van der Waals surface area contributed by atoms with Crippen molar-refractivity contribution < 1.29 is 49.1 Å². The van der Waals surface area contributed by atoms with Crippen LogP contribution in [-0.2, 0) is 19.1 Å². The maximum absolute atomic E-state index is 11.3. The molecule has 35 heavy (non-hydrogen) atoms. The highest BCUT2D eigenvalue weighted by Crippen LogP contribution is 2.26. The fraction of sp³-hybridized carbons (Fsp3) is 0.652. The second-order valence-corrected chi connectivity index (χ2v) is 8.43. The molecule has 12 heteroatoms. The molecule has 0 aliphatic rings. The summed E-state index contributed by atoms with van der Waals surface area (Å²) in [6, 6.07) is 0. The highest BCUT2D eigenvalue weighted by Gasteiger charge is 2.22. The molecule has 1 atom stereocenters. The van der Waals surface area contributed by atoms with Crippen molar-refractivity contribution in [1.82, 2.24) is 10.6 Å². The first-order valence-electron chi connectivity index (χ1n) is 10.9. The Labute approximate surface area is 207 Å². The average Bonchev–Trinajstić information content (AvgIpc) is 2.75. The van der Waals surface area contributed by atoms with Crippen molar-refractivity contribution in [2.75, 3.05) is 39.5 Å². The molecule has 0 fully saturated rings. The molecule has 6 N–H and O–H groups in total. The molecule has 0 aliphatic carbocycles. The lowest BCUT2D eigenvalue weighted by molar-refractivity contribution is -0.133. The number of carboxylic acid groups (broad SMARTS) is 2. The van der Waals surface area contributed by atoms with E-state index in [1.807, 2.05) is 13.8 Å². The van der Waals surface area contributed by atoms with Gasteiger partial charge in [0.25, 0.3) is 0 Å². The van der Waals surface area contributed by atoms with E-state index in [2.05, 4.69) is 30.7 Å². The van der Waals surface area contributed by atoms with E-state index in [1.54, 1.807) is 0 Å². The third-order valence-corrected chi connectivity index (χ3v) is 3.90. The molecule has 0 aliphatic heterocycles. The van der Waals surface area contributed by atoms with E-state index in [4.69, 9.17) is 29.9 Å². The molecule has 0 bridgehead atoms. The molecule has 0 saturated heterocycles. The number of alkyl carbamates (subject to hydrolysis) is 2. The van der Waals surface area contributed by atoms with Gasteiger partial charge < -0.3 is 40.5 Å². The Hall–Kier alpha value is -3.12. The number of hydrogen-bond acceptors (Lipinski definition) is 8. The summed E-state index contributed by atoms with van der Waals surface area (Å²) in [5.41, 5.74) is 0.236. The normalized spacial score (nSPS) is 10.7. The number of aliphatic hydroxyl groups excluding tert-OH is 2. The molecule has 0 spiro atoms. The summed E-state index contributed by atoms with van der Waals surface area (Å²) in [4.78, 5) is 41.8. The number of amides is 2. The summed E-state index contributed by atoms with van der Waals surface area (Å²) in [6.45, 7) is 15.9. The predicted molar refractivity (Wildman–Crippen MR) is 130 cm³/mol. The quantitative estimate of drug-likeness (QED) is 0.202. The molecule has 0 aromatic carbocycles. The third kappa shape index (κ3) is 28.8. The van der Waals surface area contributed by atoms with E-state index in [9.17, 15) is 19.2 Å². The monoisotopic (exact) mass is 506 g/mol. The number of ether oxygens (including phenoxy) is 2. The maximum atomic E-state index is 11.3. The van der Waals surface area contributed by atoms with Crippen molar-refractivity contribution in [3.8, 4) is 0 Å². The Balaban J connectivity index is -0.000000697. The number of aliphatic carboxylic acids is 2. The van der Waals surface area contributed by atoms with Crippen LogP contribution in [0.2, 0.25) is 0 Å². The minimum absolute atomic E-state index is 0.00747. The summed E-state index contributed by atoms with van der Waals surface area (Å²) in [7, 11) is 0. The zero-order valence-corrected chi connectivity index (χ0v) is 21.4. The number of carboxylic acids is 2. The van der Waals surface area contributed by atoms with Crippen LogP contribution in [0.5, 0.6) is 0 Å². The van der Waals surface area contributed by atoms with E-state index >= 15 is 0 Å². The maximum Gasteiger partial charge on any atom is 0.407 e. The summed E-state index contributed by atoms with van der Waals surface area (Å²) in [5.74, 6) is -1.52. The smallest absolute Gasteiger partial charge is 0.407 e. The molecule has 0 rings (SSSR count). The van der Waals surface area contributed by atoms with E-state index in [0.29, 0.717) is 19.0 Å². The first-order valence-corrected chi connectivity index (χ1v) is 10.9. The van der Waals surface area contributed by atoms with Crippen LogP contribution in [0.15, 0.2) is 24.3 Å². The third-order valence-electron chi connectivity index (χ3n) is 3.90. The van der Waals surface area contributed by atoms with Crippen molar-refractivity contribution in [2.45, 2.75) is 47.5 Å². The molecule has 0 radical (unpaired) electrons. The van der Waals surface area contributed by atoms with Gasteiger partial charge in [-0.1, -0.05) is 33.9 Å². The number of rotatable bonds is 13. The van der Waals surface area contributed by atoms with E-state index < -0.39 is 24.1 Å². The van der Waals surface area contributed by atoms with Gasteiger partial charge in [-0.05, 0) is 38.0 Å². The van der Waals surface area contributed by atoms with E-state index in [1.165, 1.54) is 13.8 Å². The number of hydrogen-bond donors (Lipinski definition) is 6. The van der Waals surface area contributed by atoms with Crippen LogP contribution < -0.4 is 10.6 Å². The van der Waals surface area contributed by atoms with Gasteiger partial charge in [-0.3, -0.25) is 0 Å². The SMILES string of the molecule is C=C(C)C(=O)O.C=C(C)C(=O)O.CC(CCNC(=O)OCCO)CC(C)(C)CNC(=O)OCCO. The van der Waals surface area contributed by atoms with Gasteiger partial charge in [0, 0.05) is 24.2 Å². The molecule has 0 aromatic rings. The Morgan fingerprint density at radius 2 is 1.23 bits per heavy atom. The van der Waals surface area contributed by atoms with Gasteiger partial charge >= 0.3 is 24.1 Å². The van der Waals surface area contributed by atoms with E-state index in [-0.39, 0.29) is 43.0 Å². The van der Waals surface area contributed by atoms with Crippen molar-refractivity contribution in [3.63, 3.8) is 0 Å². The number of carbonyl (C=O) groups is 4. The highest BCUT2D eigenvalue weighted by molar-refractivity contribution is 5.85. The Morgan fingerprint density at radius 3 is 1.57 bits per heavy atom. The standard InChI is InChI=1S/C15H30N2O6.2C4H6O2/c1-12(4-5-16-13(20)22-8-6-18)10-15(2,3)11-17-14(21)23-9-7-19;2*1-3(2)4(5)6/h12,18-19H,4-11H2,1-3H3,(H,16,20)(H,17,21);2*1H2,2H3,(H,5,6). The summed E-state index contributed by atoms with van der Waals surface area (Å²) >= 11 is 0. The minimum Gasteiger partial charge on any atom is -0.478 e. The van der Waals surface area contributed by atoms with Crippen LogP contribution in [-0.4, -0.2) is 84.1 Å². The van der Waals surface area contributed by atoms with Crippen molar-refractivity contribution in [3.05, 3.63) is 24.3 Å². The summed E-state index contributed by atoms with van der Waals surface area (Å²) in [5, 5.41) is 38.2. The first kappa shape index (κ1) is 36.4. The van der Waals surface area contributed by atoms with Gasteiger partial charge in [0.1, 0.15) is 13.2 Å². The lowest BCUT2D eigenvalue weighted by Gasteiger charge is -2.28. The second-order valence-electron chi connectivity index (χ2n) is 8.43. The van der Waals surface area contributed by atoms with Gasteiger partial charge in [0.15, 0.2) is 0 Å². The fourth-order valence-electron chi connectivity index (χ4n) is 2.23. The van der Waals surface area contributed by atoms with Gasteiger partial charge in [0.2, 0.25) is 0 Å². The molecule has 204 valence electrons. The van der Waals surface area contributed by atoms with Crippen LogP contribution >= 0.6 is 0 Å². The largest absolute Gasteiger partial charge is 0.478 e. The molecule has 1 unspecified atom stereocenters. The van der Waals surface area contributed by atoms with E-state index in [0.717, 1.165) is 12.8 Å². The molecule has 12 nitrogen and oxygen atoms in total. The van der Waals surface area contributed by atoms with Crippen molar-refractivity contribution in [2.24, 2.45) is 11.3 Å². The second kappa shape index (κ2) is 21.4. The van der Waals surface area contributed by atoms with Crippen LogP contribution in [0.1, 0.15) is 47.5 Å². The zero-order chi connectivity index (χ0) is 28.0. The zero-order valence-electron chi connectivity index (χ0n) is 21.4. The van der Waals surface area contributed by atoms with Crippen LogP contribution in [0.4, 0.5) is 9.59 Å². The van der Waals surface area contributed by atoms with Crippen molar-refractivity contribution >= 4 is 24.1 Å². The Bertz CT molecular complexity index is 629. The lowest BCUT2D eigenvalue weighted by Crippen LogP contribution is -2.36. The number of nitrogens with one attached hydrogen (secondary N) is 2. The van der Waals surface area contributed by atoms with Gasteiger partial charge in [-0.25, -0.2) is 19.2 Å². The lowest BCUT2D eigenvalue weighted by atomic mass is 9.82. The van der Waals surface area contributed by atoms with Crippen LogP contribution in [0, 0.1) is 11.3 Å². The molecular formula is C23H42N2O10. The van der Waals surface area contributed by atoms with Gasteiger partial charge in [-0.15, -0.1) is 0 Å². The summed E-state index contributed by atoms with van der Waals surface area (Å²) in [6.07, 6.45) is 0.583. The molecule has 0 aromatic heterocycles. The Kier molecular flexibility index (Phi) is 22.3. The van der Waals surface area contributed by atoms with Gasteiger partial charge in [-0.2, -0.15) is 0 Å². The van der Waals surface area contributed by atoms with Gasteiger partial charge in [0.05, 0.1) is 13.2 Å². The highest BCUT2D eigenvalue weighted by atomic mass is 16.6. The fourth-order valence-corrected chi connectivity index (χ4v) is 2.23. The summed E-state index contributed by atoms with van der Waals surface area (Å²) < 4.78 is 9.43. The molecular weight excluding hydrogens is 464 g/mol. The Morgan fingerprint density at radius 1 is 0.857 bits per heavy atom. The number of carbonyl (C=O) groups excluding carboxylic acids is 2. The van der Waals surface area contributed by atoms with Crippen molar-refractivity contribution in [1.29, 1.82) is 0 Å². The molecule has 2 amide bonds. The van der Waals surface area contributed by atoms with Crippen LogP contribution in [0.3, 0.4) is 0 Å². The first-order chi connectivity index (χ1) is 16.1. The molecule has 0 saturated carbocycles. The van der Waals surface area contributed by atoms with Crippen LogP contribution in [0.25, 0.3) is 0 Å². The topological polar surface area (TPSA) is 192 Å². The average molecular weight is 507 g/mol. The predicted octanol–water partition coefficient (Wildman–Crippen LogP) is 2.16. The molecule has 0 heterocycles. The minimum atomic E-state index is -0.935.